The van der Waals surface area contributed by atoms with Crippen LogP contribution in [-0.2, 0) is 11.3 Å². The number of aryl methyl sites for hydroxylation is 1. The molecule has 0 amide bonds. The molecule has 1 aromatic carbocycles. The number of methoxy groups -OCH3 is 1. The first kappa shape index (κ1) is 15.2. The van der Waals surface area contributed by atoms with Gasteiger partial charge in [0.05, 0.1) is 0 Å². The first-order valence-corrected chi connectivity index (χ1v) is 6.47. The largest absolute Gasteiger partial charge is 0.385 e. The van der Waals surface area contributed by atoms with Crippen molar-refractivity contribution in [1.29, 1.82) is 0 Å². The second-order valence-corrected chi connectivity index (χ2v) is 5.29. The molecule has 3 nitrogen and oxygen atoms in total. The third-order valence-corrected chi connectivity index (χ3v) is 3.71. The Bertz CT molecular complexity index is 367. The molecule has 0 saturated heterocycles. The summed E-state index contributed by atoms with van der Waals surface area (Å²) in [7, 11) is 3.86. The van der Waals surface area contributed by atoms with E-state index in [9.17, 15) is 0 Å². The highest BCUT2D eigenvalue weighted by atomic mass is 16.5. The van der Waals surface area contributed by atoms with E-state index in [0.29, 0.717) is 6.54 Å². The smallest absolute Gasteiger partial charge is 0.0480 e. The molecule has 0 radical (unpaired) electrons. The minimum Gasteiger partial charge on any atom is -0.385 e. The summed E-state index contributed by atoms with van der Waals surface area (Å²) in [5.74, 6) is 0. The second-order valence-electron chi connectivity index (χ2n) is 5.29. The van der Waals surface area contributed by atoms with E-state index < -0.39 is 0 Å². The Kier molecular flexibility index (Phi) is 5.79. The van der Waals surface area contributed by atoms with Crippen LogP contribution >= 0.6 is 0 Å². The van der Waals surface area contributed by atoms with Gasteiger partial charge in [-0.15, -0.1) is 0 Å². The normalized spacial score (nSPS) is 14.8. The fraction of sp³-hybridized carbons (Fsp3) is 0.600. The van der Waals surface area contributed by atoms with Crippen LogP contribution in [0.3, 0.4) is 0 Å². The van der Waals surface area contributed by atoms with Crippen molar-refractivity contribution < 1.29 is 4.74 Å². The van der Waals surface area contributed by atoms with Crippen LogP contribution in [0.1, 0.15) is 24.5 Å². The third-order valence-electron chi connectivity index (χ3n) is 3.71. The zero-order chi connectivity index (χ0) is 13.6. The van der Waals surface area contributed by atoms with Gasteiger partial charge in [0, 0.05) is 32.3 Å². The van der Waals surface area contributed by atoms with Crippen molar-refractivity contribution >= 4 is 0 Å². The molecule has 18 heavy (non-hydrogen) atoms. The summed E-state index contributed by atoms with van der Waals surface area (Å²) in [6, 6.07) is 8.62. The number of hydrogen-bond acceptors (Lipinski definition) is 3. The van der Waals surface area contributed by atoms with Crippen LogP contribution in [0.25, 0.3) is 0 Å². The second kappa shape index (κ2) is 6.88. The van der Waals surface area contributed by atoms with Gasteiger partial charge in [-0.1, -0.05) is 29.8 Å². The van der Waals surface area contributed by atoms with E-state index >= 15 is 0 Å². The van der Waals surface area contributed by atoms with Gasteiger partial charge < -0.3 is 10.5 Å². The van der Waals surface area contributed by atoms with Crippen molar-refractivity contribution in [2.24, 2.45) is 5.73 Å². The number of ether oxygens (including phenoxy) is 1. The van der Waals surface area contributed by atoms with Gasteiger partial charge in [0.2, 0.25) is 0 Å². The highest BCUT2D eigenvalue weighted by Gasteiger charge is 2.27. The Balaban J connectivity index is 2.69. The van der Waals surface area contributed by atoms with E-state index in [1.165, 1.54) is 11.1 Å². The average molecular weight is 250 g/mol. The van der Waals surface area contributed by atoms with Gasteiger partial charge in [-0.2, -0.15) is 0 Å². The average Bonchev–Trinajstić information content (AvgIpc) is 2.36. The fourth-order valence-corrected chi connectivity index (χ4v) is 2.05. The van der Waals surface area contributed by atoms with Crippen LogP contribution in [-0.4, -0.2) is 37.7 Å². The molecule has 3 heteroatoms. The summed E-state index contributed by atoms with van der Waals surface area (Å²) in [4.78, 5) is 2.32. The summed E-state index contributed by atoms with van der Waals surface area (Å²) >= 11 is 0. The van der Waals surface area contributed by atoms with Crippen LogP contribution in [0, 0.1) is 6.92 Å². The molecule has 0 spiro atoms. The summed E-state index contributed by atoms with van der Waals surface area (Å²) in [5.41, 5.74) is 8.55. The quantitative estimate of drug-likeness (QED) is 0.806. The molecule has 1 rings (SSSR count). The van der Waals surface area contributed by atoms with E-state index in [2.05, 4.69) is 50.1 Å². The Hall–Kier alpha value is -0.900. The van der Waals surface area contributed by atoms with Crippen molar-refractivity contribution in [2.45, 2.75) is 32.4 Å². The lowest BCUT2D eigenvalue weighted by atomic mass is 9.95. The van der Waals surface area contributed by atoms with Crippen molar-refractivity contribution in [3.8, 4) is 0 Å². The predicted octanol–water partition coefficient (Wildman–Crippen LogP) is 2.18. The summed E-state index contributed by atoms with van der Waals surface area (Å²) in [6.07, 6.45) is 0.947. The Morgan fingerprint density at radius 3 is 2.67 bits per heavy atom. The van der Waals surface area contributed by atoms with E-state index in [1.807, 2.05) is 0 Å². The molecule has 0 aliphatic rings. The molecule has 1 aromatic rings. The lowest BCUT2D eigenvalue weighted by Gasteiger charge is -2.38. The van der Waals surface area contributed by atoms with Gasteiger partial charge in [0.15, 0.2) is 0 Å². The number of likely N-dealkylation sites (N-methyl/N-ethyl adjacent to an activating group) is 1. The van der Waals surface area contributed by atoms with Gasteiger partial charge in [0.25, 0.3) is 0 Å². The number of benzene rings is 1. The first-order chi connectivity index (χ1) is 8.51. The maximum Gasteiger partial charge on any atom is 0.0480 e. The maximum absolute atomic E-state index is 5.94. The van der Waals surface area contributed by atoms with E-state index in [4.69, 9.17) is 10.5 Å². The number of nitrogens with zero attached hydrogens (tertiary/aromatic N) is 1. The molecule has 0 bridgehead atoms. The van der Waals surface area contributed by atoms with E-state index in [0.717, 1.165) is 19.6 Å². The van der Waals surface area contributed by atoms with E-state index in [-0.39, 0.29) is 5.54 Å². The molecular formula is C15H26N2O. The lowest BCUT2D eigenvalue weighted by Crippen LogP contribution is -2.49. The Morgan fingerprint density at radius 1 is 1.39 bits per heavy atom. The number of hydrogen-bond donors (Lipinski definition) is 1. The topological polar surface area (TPSA) is 38.5 Å². The monoisotopic (exact) mass is 250 g/mol. The molecule has 102 valence electrons. The predicted molar refractivity (Wildman–Crippen MR) is 76.6 cm³/mol. The molecule has 1 unspecified atom stereocenters. The van der Waals surface area contributed by atoms with Crippen LogP contribution in [0.15, 0.2) is 24.3 Å². The molecule has 0 aliphatic carbocycles. The van der Waals surface area contributed by atoms with Crippen molar-refractivity contribution in [2.75, 3.05) is 27.3 Å². The van der Waals surface area contributed by atoms with Crippen LogP contribution in [0.4, 0.5) is 0 Å². The molecule has 0 saturated carbocycles. The maximum atomic E-state index is 5.94. The zero-order valence-electron chi connectivity index (χ0n) is 12.1. The highest BCUT2D eigenvalue weighted by molar-refractivity contribution is 5.22. The standard InChI is InChI=1S/C15H26N2O/c1-13-6-5-7-14(10-13)11-17(3)15(2,12-16)8-9-18-4/h5-7,10H,8-9,11-12,16H2,1-4H3. The molecule has 1 atom stereocenters. The van der Waals surface area contributed by atoms with Gasteiger partial charge in [-0.05, 0) is 32.9 Å². The van der Waals surface area contributed by atoms with Crippen LogP contribution < -0.4 is 5.73 Å². The SMILES string of the molecule is COCCC(C)(CN)N(C)Cc1cccc(C)c1. The van der Waals surface area contributed by atoms with E-state index in [1.54, 1.807) is 7.11 Å². The van der Waals surface area contributed by atoms with Gasteiger partial charge >= 0.3 is 0 Å². The molecule has 0 fully saturated rings. The van der Waals surface area contributed by atoms with Gasteiger partial charge in [-0.25, -0.2) is 0 Å². The van der Waals surface area contributed by atoms with Crippen molar-refractivity contribution in [1.82, 2.24) is 4.90 Å². The summed E-state index contributed by atoms with van der Waals surface area (Å²) < 4.78 is 5.18. The molecule has 0 aliphatic heterocycles. The van der Waals surface area contributed by atoms with Crippen molar-refractivity contribution in [3.05, 3.63) is 35.4 Å². The summed E-state index contributed by atoms with van der Waals surface area (Å²) in [5, 5.41) is 0. The highest BCUT2D eigenvalue weighted by Crippen LogP contribution is 2.19. The minimum atomic E-state index is -0.0141. The first-order valence-electron chi connectivity index (χ1n) is 6.47. The minimum absolute atomic E-state index is 0.0141. The Morgan fingerprint density at radius 2 is 2.11 bits per heavy atom. The molecule has 0 aromatic heterocycles. The molecule has 2 N–H and O–H groups in total. The van der Waals surface area contributed by atoms with Gasteiger partial charge in [0.1, 0.15) is 0 Å². The molecule has 0 heterocycles. The number of nitrogens with two attached hydrogens (primary N) is 1. The number of rotatable bonds is 7. The summed E-state index contributed by atoms with van der Waals surface area (Å²) in [6.45, 7) is 6.61. The zero-order valence-corrected chi connectivity index (χ0v) is 12.1. The lowest BCUT2D eigenvalue weighted by molar-refractivity contribution is 0.0839. The molecular weight excluding hydrogens is 224 g/mol. The van der Waals surface area contributed by atoms with Crippen molar-refractivity contribution in [3.63, 3.8) is 0 Å². The van der Waals surface area contributed by atoms with Gasteiger partial charge in [-0.3, -0.25) is 4.90 Å². The van der Waals surface area contributed by atoms with Crippen LogP contribution in [0.2, 0.25) is 0 Å². The van der Waals surface area contributed by atoms with Crippen LogP contribution in [0.5, 0.6) is 0 Å². The Labute approximate surface area is 111 Å². The fourth-order valence-electron chi connectivity index (χ4n) is 2.05. The third kappa shape index (κ3) is 4.09.